The average Bonchev–Trinajstić information content (AvgIpc) is 2.61. The lowest BCUT2D eigenvalue weighted by molar-refractivity contribution is 0.183. The molecule has 1 aromatic rings. The second-order valence-corrected chi connectivity index (χ2v) is 6.35. The molecule has 0 heterocycles. The van der Waals surface area contributed by atoms with Gasteiger partial charge in [0.05, 0.1) is 12.6 Å². The van der Waals surface area contributed by atoms with Gasteiger partial charge in [-0.25, -0.2) is 0 Å². The van der Waals surface area contributed by atoms with Crippen molar-refractivity contribution in [2.45, 2.75) is 51.6 Å². The molecule has 1 atom stereocenters. The number of aliphatic imine (C=N–C) groups is 1. The van der Waals surface area contributed by atoms with Gasteiger partial charge in [-0.05, 0) is 44.6 Å². The fraction of sp³-hybridized carbons (Fsp3) is 0.550. The van der Waals surface area contributed by atoms with Gasteiger partial charge in [0, 0.05) is 19.5 Å². The van der Waals surface area contributed by atoms with Crippen LogP contribution < -0.4 is 10.6 Å². The van der Waals surface area contributed by atoms with E-state index in [0.717, 1.165) is 31.0 Å². The highest BCUT2D eigenvalue weighted by Crippen LogP contribution is 2.19. The van der Waals surface area contributed by atoms with Crippen LogP contribution in [0, 0.1) is 0 Å². The Kier molecular flexibility index (Phi) is 11.6. The van der Waals surface area contributed by atoms with Crippen LogP contribution in [0.25, 0.3) is 0 Å². The Balaban J connectivity index is 0.00000312. The van der Waals surface area contributed by atoms with Crippen LogP contribution in [0.5, 0.6) is 0 Å². The van der Waals surface area contributed by atoms with Crippen molar-refractivity contribution < 1.29 is 5.11 Å². The summed E-state index contributed by atoms with van der Waals surface area (Å²) in [5, 5.41) is 16.8. The lowest BCUT2D eigenvalue weighted by Crippen LogP contribution is -2.38. The average molecular weight is 457 g/mol. The molecule has 0 saturated carbocycles. The van der Waals surface area contributed by atoms with Crippen molar-refractivity contribution in [2.75, 3.05) is 19.6 Å². The molecule has 2 rings (SSSR count). The molecule has 0 spiro atoms. The smallest absolute Gasteiger partial charge is 0.191 e. The highest BCUT2D eigenvalue weighted by Gasteiger charge is 2.07. The summed E-state index contributed by atoms with van der Waals surface area (Å²) in [6.45, 7) is 4.18. The summed E-state index contributed by atoms with van der Waals surface area (Å²) in [4.78, 5) is 4.52. The molecular formula is C20H32IN3O. The number of nitrogens with zero attached hydrogens (tertiary/aromatic N) is 1. The molecule has 5 heteroatoms. The molecule has 1 unspecified atom stereocenters. The molecule has 0 aromatic heterocycles. The van der Waals surface area contributed by atoms with E-state index >= 15 is 0 Å². The number of halogens is 1. The standard InChI is InChI=1S/C20H31N3O.HI/c1-2-21-20(22-14-13-17-9-5-3-6-10-17)23-16-19(24)15-18-11-7-4-8-12-18;/h4,7-9,11-12,19,24H,2-3,5-6,10,13-16H2,1H3,(H2,21,22,23);1H. The number of allylic oxidation sites excluding steroid dienone is 1. The van der Waals surface area contributed by atoms with Gasteiger partial charge < -0.3 is 15.7 Å². The maximum atomic E-state index is 10.2. The van der Waals surface area contributed by atoms with Gasteiger partial charge in [0.1, 0.15) is 0 Å². The number of benzene rings is 1. The Morgan fingerprint density at radius 2 is 2.00 bits per heavy atom. The van der Waals surface area contributed by atoms with E-state index in [-0.39, 0.29) is 24.0 Å². The van der Waals surface area contributed by atoms with Gasteiger partial charge in [-0.1, -0.05) is 42.0 Å². The van der Waals surface area contributed by atoms with Crippen molar-refractivity contribution in [2.24, 2.45) is 4.99 Å². The van der Waals surface area contributed by atoms with Crippen LogP contribution in [0.4, 0.5) is 0 Å². The summed E-state index contributed by atoms with van der Waals surface area (Å²) in [6, 6.07) is 10.1. The van der Waals surface area contributed by atoms with Crippen molar-refractivity contribution in [1.29, 1.82) is 0 Å². The molecule has 1 aliphatic rings. The minimum Gasteiger partial charge on any atom is -0.391 e. The molecule has 1 aromatic carbocycles. The number of guanidine groups is 1. The molecule has 140 valence electrons. The second kappa shape index (κ2) is 13.2. The summed E-state index contributed by atoms with van der Waals surface area (Å²) in [5.41, 5.74) is 2.70. The van der Waals surface area contributed by atoms with Crippen LogP contribution in [0.2, 0.25) is 0 Å². The fourth-order valence-corrected chi connectivity index (χ4v) is 2.96. The van der Waals surface area contributed by atoms with Crippen molar-refractivity contribution in [1.82, 2.24) is 10.6 Å². The number of aliphatic hydroxyl groups is 1. The van der Waals surface area contributed by atoms with Crippen LogP contribution in [0.15, 0.2) is 47.0 Å². The van der Waals surface area contributed by atoms with Crippen molar-refractivity contribution in [3.8, 4) is 0 Å². The Morgan fingerprint density at radius 3 is 2.68 bits per heavy atom. The molecule has 0 radical (unpaired) electrons. The third kappa shape index (κ3) is 9.26. The number of hydrogen-bond acceptors (Lipinski definition) is 2. The zero-order chi connectivity index (χ0) is 17.0. The predicted octanol–water partition coefficient (Wildman–Crippen LogP) is 3.65. The maximum absolute atomic E-state index is 10.2. The zero-order valence-electron chi connectivity index (χ0n) is 15.2. The molecule has 4 nitrogen and oxygen atoms in total. The van der Waals surface area contributed by atoms with Gasteiger partial charge in [-0.3, -0.25) is 4.99 Å². The molecule has 0 amide bonds. The lowest BCUT2D eigenvalue weighted by Gasteiger charge is -2.15. The normalized spacial score (nSPS) is 15.8. The third-order valence-electron chi connectivity index (χ3n) is 4.24. The summed E-state index contributed by atoms with van der Waals surface area (Å²) in [6.07, 6.45) is 8.78. The van der Waals surface area contributed by atoms with Gasteiger partial charge in [0.25, 0.3) is 0 Å². The first kappa shape index (κ1) is 22.0. The first-order valence-corrected chi connectivity index (χ1v) is 9.20. The lowest BCUT2D eigenvalue weighted by atomic mass is 9.97. The van der Waals surface area contributed by atoms with Crippen molar-refractivity contribution >= 4 is 29.9 Å². The van der Waals surface area contributed by atoms with E-state index in [2.05, 4.69) is 28.6 Å². The molecule has 0 aliphatic heterocycles. The summed E-state index contributed by atoms with van der Waals surface area (Å²) >= 11 is 0. The Hall–Kier alpha value is -1.08. The number of rotatable bonds is 8. The van der Waals surface area contributed by atoms with Gasteiger partial charge in [0.2, 0.25) is 0 Å². The largest absolute Gasteiger partial charge is 0.391 e. The van der Waals surface area contributed by atoms with E-state index in [4.69, 9.17) is 0 Å². The van der Waals surface area contributed by atoms with Crippen LogP contribution in [-0.2, 0) is 6.42 Å². The van der Waals surface area contributed by atoms with Crippen LogP contribution in [0.1, 0.15) is 44.6 Å². The number of nitrogens with one attached hydrogen (secondary N) is 2. The Bertz CT molecular complexity index is 531. The molecule has 0 saturated heterocycles. The summed E-state index contributed by atoms with van der Waals surface area (Å²) < 4.78 is 0. The molecule has 1 aliphatic carbocycles. The van der Waals surface area contributed by atoms with Gasteiger partial charge >= 0.3 is 0 Å². The quantitative estimate of drug-likeness (QED) is 0.242. The highest BCUT2D eigenvalue weighted by molar-refractivity contribution is 14.0. The molecular weight excluding hydrogens is 425 g/mol. The van der Waals surface area contributed by atoms with E-state index in [9.17, 15) is 5.11 Å². The minimum absolute atomic E-state index is 0. The van der Waals surface area contributed by atoms with E-state index in [1.807, 2.05) is 30.3 Å². The summed E-state index contributed by atoms with van der Waals surface area (Å²) in [7, 11) is 0. The van der Waals surface area contributed by atoms with Gasteiger partial charge in [0.15, 0.2) is 5.96 Å². The fourth-order valence-electron chi connectivity index (χ4n) is 2.96. The number of aliphatic hydroxyl groups excluding tert-OH is 1. The first-order valence-electron chi connectivity index (χ1n) is 9.20. The zero-order valence-corrected chi connectivity index (χ0v) is 17.5. The summed E-state index contributed by atoms with van der Waals surface area (Å²) in [5.74, 6) is 0.793. The van der Waals surface area contributed by atoms with Crippen LogP contribution >= 0.6 is 24.0 Å². The predicted molar refractivity (Wildman–Crippen MR) is 117 cm³/mol. The maximum Gasteiger partial charge on any atom is 0.191 e. The van der Waals surface area contributed by atoms with Crippen molar-refractivity contribution in [3.05, 3.63) is 47.5 Å². The monoisotopic (exact) mass is 457 g/mol. The van der Waals surface area contributed by atoms with Crippen LogP contribution in [0.3, 0.4) is 0 Å². The second-order valence-electron chi connectivity index (χ2n) is 6.35. The van der Waals surface area contributed by atoms with Gasteiger partial charge in [-0.2, -0.15) is 0 Å². The molecule has 3 N–H and O–H groups in total. The SMILES string of the molecule is CCNC(=NCC(O)Cc1ccccc1)NCCC1=CCCCC1.I. The highest BCUT2D eigenvalue weighted by atomic mass is 127. The Morgan fingerprint density at radius 1 is 1.20 bits per heavy atom. The molecule has 25 heavy (non-hydrogen) atoms. The number of hydrogen-bond donors (Lipinski definition) is 3. The van der Waals surface area contributed by atoms with E-state index < -0.39 is 6.10 Å². The molecule has 0 bridgehead atoms. The van der Waals surface area contributed by atoms with Gasteiger partial charge in [-0.15, -0.1) is 24.0 Å². The van der Waals surface area contributed by atoms with E-state index in [1.54, 1.807) is 5.57 Å². The Labute approximate surface area is 169 Å². The third-order valence-corrected chi connectivity index (χ3v) is 4.24. The first-order chi connectivity index (χ1) is 11.8. The van der Waals surface area contributed by atoms with E-state index in [0.29, 0.717) is 13.0 Å². The minimum atomic E-state index is -0.455. The van der Waals surface area contributed by atoms with Crippen molar-refractivity contribution in [3.63, 3.8) is 0 Å². The van der Waals surface area contributed by atoms with Crippen LogP contribution in [-0.4, -0.2) is 36.8 Å². The molecule has 0 fully saturated rings. The topological polar surface area (TPSA) is 56.7 Å². The van der Waals surface area contributed by atoms with E-state index in [1.165, 1.54) is 25.7 Å².